The van der Waals surface area contributed by atoms with Gasteiger partial charge in [0.1, 0.15) is 11.5 Å². The minimum Gasteiger partial charge on any atom is -0.459 e. The van der Waals surface area contributed by atoms with Gasteiger partial charge in [0.25, 0.3) is 0 Å². The van der Waals surface area contributed by atoms with Gasteiger partial charge >= 0.3 is 0 Å². The number of hydrogen-bond donors (Lipinski definition) is 1. The largest absolute Gasteiger partial charge is 0.459 e. The quantitative estimate of drug-likeness (QED) is 0.479. The maximum Gasteiger partial charge on any atom is 0.134 e. The van der Waals surface area contributed by atoms with Crippen molar-refractivity contribution in [3.63, 3.8) is 0 Å². The van der Waals surface area contributed by atoms with Crippen LogP contribution in [0.4, 0.5) is 11.4 Å². The predicted octanol–water partition coefficient (Wildman–Crippen LogP) is 7.16. The monoisotopic (exact) mass is 414 g/mol. The second-order valence-corrected chi connectivity index (χ2v) is 8.11. The molecule has 2 aromatic carbocycles. The van der Waals surface area contributed by atoms with Gasteiger partial charge in [-0.3, -0.25) is 0 Å². The van der Waals surface area contributed by atoms with Crippen molar-refractivity contribution in [3.8, 4) is 11.3 Å². The van der Waals surface area contributed by atoms with E-state index in [-0.39, 0.29) is 0 Å². The second kappa shape index (κ2) is 8.50. The third kappa shape index (κ3) is 4.31. The van der Waals surface area contributed by atoms with Crippen LogP contribution in [0.5, 0.6) is 0 Å². The number of nitrogens with zero attached hydrogens (tertiary/aromatic N) is 1. The normalized spacial score (nSPS) is 14.3. The summed E-state index contributed by atoms with van der Waals surface area (Å²) in [6.07, 6.45) is 3.79. The Hall–Kier alpha value is -2.10. The Morgan fingerprint density at radius 1 is 0.929 bits per heavy atom. The van der Waals surface area contributed by atoms with E-state index in [0.717, 1.165) is 57.2 Å². The molecule has 0 aliphatic carbocycles. The Morgan fingerprint density at radius 3 is 2.50 bits per heavy atom. The summed E-state index contributed by atoms with van der Waals surface area (Å²) in [4.78, 5) is 2.38. The average Bonchev–Trinajstić information content (AvgIpc) is 3.18. The topological polar surface area (TPSA) is 28.4 Å². The van der Waals surface area contributed by atoms with Gasteiger partial charge in [-0.1, -0.05) is 35.3 Å². The number of furan rings is 1. The van der Waals surface area contributed by atoms with Crippen molar-refractivity contribution in [2.24, 2.45) is 0 Å². The summed E-state index contributed by atoms with van der Waals surface area (Å²) in [7, 11) is 0. The van der Waals surface area contributed by atoms with Crippen LogP contribution >= 0.6 is 23.2 Å². The molecule has 0 saturated carbocycles. The SMILES string of the molecule is Cc1ccc(-c2ccc(CNc3ccc(N4CCCCC4)c(Cl)c3)o2)cc1Cl. The Bertz CT molecular complexity index is 961. The van der Waals surface area contributed by atoms with E-state index in [1.54, 1.807) is 0 Å². The lowest BCUT2D eigenvalue weighted by molar-refractivity contribution is 0.531. The second-order valence-electron chi connectivity index (χ2n) is 7.30. The molecule has 0 amide bonds. The van der Waals surface area contributed by atoms with E-state index in [2.05, 4.69) is 22.3 Å². The molecule has 0 unspecified atom stereocenters. The van der Waals surface area contributed by atoms with Crippen LogP contribution in [0, 0.1) is 6.92 Å². The van der Waals surface area contributed by atoms with Gasteiger partial charge in [0, 0.05) is 29.4 Å². The highest BCUT2D eigenvalue weighted by Crippen LogP contribution is 2.31. The number of hydrogen-bond acceptors (Lipinski definition) is 3. The molecule has 1 saturated heterocycles. The van der Waals surface area contributed by atoms with Crippen LogP contribution in [-0.2, 0) is 6.54 Å². The summed E-state index contributed by atoms with van der Waals surface area (Å²) in [6, 6.07) is 16.1. The highest BCUT2D eigenvalue weighted by atomic mass is 35.5. The zero-order valence-electron chi connectivity index (χ0n) is 16.0. The van der Waals surface area contributed by atoms with Gasteiger partial charge in [-0.25, -0.2) is 0 Å². The minimum atomic E-state index is 0.596. The lowest BCUT2D eigenvalue weighted by atomic mass is 10.1. The molecule has 2 heterocycles. The third-order valence-corrected chi connectivity index (χ3v) is 5.94. The van der Waals surface area contributed by atoms with Crippen molar-refractivity contribution in [2.75, 3.05) is 23.3 Å². The van der Waals surface area contributed by atoms with Crippen molar-refractivity contribution >= 4 is 34.6 Å². The molecular weight excluding hydrogens is 391 g/mol. The molecule has 1 aromatic heterocycles. The molecule has 1 aliphatic rings. The first-order valence-corrected chi connectivity index (χ1v) is 10.5. The Labute approximate surface area is 176 Å². The molecule has 0 bridgehead atoms. The molecule has 3 nitrogen and oxygen atoms in total. The Kier molecular flexibility index (Phi) is 5.84. The van der Waals surface area contributed by atoms with E-state index in [4.69, 9.17) is 27.6 Å². The zero-order chi connectivity index (χ0) is 19.5. The molecule has 1 N–H and O–H groups in total. The van der Waals surface area contributed by atoms with E-state index in [1.807, 2.05) is 43.3 Å². The first-order valence-electron chi connectivity index (χ1n) is 9.74. The molecular formula is C23H24Cl2N2O. The predicted molar refractivity (Wildman–Crippen MR) is 119 cm³/mol. The van der Waals surface area contributed by atoms with E-state index < -0.39 is 0 Å². The fourth-order valence-corrected chi connectivity index (χ4v) is 4.05. The Morgan fingerprint density at radius 2 is 1.75 bits per heavy atom. The summed E-state index contributed by atoms with van der Waals surface area (Å²) in [5.74, 6) is 1.68. The molecule has 1 aliphatic heterocycles. The van der Waals surface area contributed by atoms with Crippen molar-refractivity contribution in [3.05, 3.63) is 69.9 Å². The van der Waals surface area contributed by atoms with Gasteiger partial charge < -0.3 is 14.6 Å². The molecule has 5 heteroatoms. The van der Waals surface area contributed by atoms with Crippen LogP contribution < -0.4 is 10.2 Å². The molecule has 146 valence electrons. The summed E-state index contributed by atoms with van der Waals surface area (Å²) in [5, 5.41) is 4.93. The fourth-order valence-electron chi connectivity index (χ4n) is 3.57. The number of rotatable bonds is 5. The molecule has 28 heavy (non-hydrogen) atoms. The highest BCUT2D eigenvalue weighted by Gasteiger charge is 2.14. The van der Waals surface area contributed by atoms with Gasteiger partial charge in [-0.2, -0.15) is 0 Å². The first kappa shape index (κ1) is 19.2. The molecule has 0 spiro atoms. The van der Waals surface area contributed by atoms with Crippen molar-refractivity contribution in [1.29, 1.82) is 0 Å². The van der Waals surface area contributed by atoms with E-state index in [9.17, 15) is 0 Å². The van der Waals surface area contributed by atoms with Gasteiger partial charge in [-0.15, -0.1) is 0 Å². The molecule has 0 radical (unpaired) electrons. The van der Waals surface area contributed by atoms with Crippen LogP contribution in [0.3, 0.4) is 0 Å². The lowest BCUT2D eigenvalue weighted by Crippen LogP contribution is -2.29. The van der Waals surface area contributed by atoms with E-state index in [1.165, 1.54) is 19.3 Å². The smallest absolute Gasteiger partial charge is 0.134 e. The van der Waals surface area contributed by atoms with Crippen molar-refractivity contribution in [1.82, 2.24) is 0 Å². The number of halogens is 2. The van der Waals surface area contributed by atoms with Crippen LogP contribution in [0.2, 0.25) is 10.0 Å². The summed E-state index contributed by atoms with van der Waals surface area (Å²) < 4.78 is 5.97. The first-order chi connectivity index (χ1) is 13.6. The number of benzene rings is 2. The van der Waals surface area contributed by atoms with E-state index >= 15 is 0 Å². The van der Waals surface area contributed by atoms with E-state index in [0.29, 0.717) is 6.54 Å². The number of nitrogens with one attached hydrogen (secondary N) is 1. The molecule has 0 atom stereocenters. The summed E-state index contributed by atoms with van der Waals surface area (Å²) in [5.41, 5.74) is 4.16. The van der Waals surface area contributed by atoms with Crippen LogP contribution in [0.15, 0.2) is 52.9 Å². The number of piperidine rings is 1. The van der Waals surface area contributed by atoms with Gasteiger partial charge in [0.05, 0.1) is 17.3 Å². The van der Waals surface area contributed by atoms with Gasteiger partial charge in [0.15, 0.2) is 0 Å². The van der Waals surface area contributed by atoms with Gasteiger partial charge in [0.2, 0.25) is 0 Å². The molecule has 3 aromatic rings. The maximum atomic E-state index is 6.54. The fraction of sp³-hybridized carbons (Fsp3) is 0.304. The molecule has 1 fully saturated rings. The standard InChI is InChI=1S/C23H24Cl2N2O/c1-16-5-6-17(13-20(16)24)23-10-8-19(28-23)15-26-18-7-9-22(21(25)14-18)27-11-3-2-4-12-27/h5-10,13-14,26H,2-4,11-12,15H2,1H3. The zero-order valence-corrected chi connectivity index (χ0v) is 17.5. The third-order valence-electron chi connectivity index (χ3n) is 5.23. The highest BCUT2D eigenvalue weighted by molar-refractivity contribution is 6.33. The molecule has 4 rings (SSSR count). The van der Waals surface area contributed by atoms with Crippen molar-refractivity contribution < 1.29 is 4.42 Å². The average molecular weight is 415 g/mol. The van der Waals surface area contributed by atoms with Crippen LogP contribution in [0.25, 0.3) is 11.3 Å². The van der Waals surface area contributed by atoms with Crippen molar-refractivity contribution in [2.45, 2.75) is 32.7 Å². The summed E-state index contributed by atoms with van der Waals surface area (Å²) >= 11 is 12.8. The number of aryl methyl sites for hydroxylation is 1. The van der Waals surface area contributed by atoms with Crippen LogP contribution in [-0.4, -0.2) is 13.1 Å². The maximum absolute atomic E-state index is 6.54. The van der Waals surface area contributed by atoms with Crippen LogP contribution in [0.1, 0.15) is 30.6 Å². The summed E-state index contributed by atoms with van der Waals surface area (Å²) in [6.45, 7) is 4.76. The minimum absolute atomic E-state index is 0.596. The lowest BCUT2D eigenvalue weighted by Gasteiger charge is -2.29. The van der Waals surface area contributed by atoms with Gasteiger partial charge in [-0.05, 0) is 68.1 Å². The number of anilines is 2. The Balaban J connectivity index is 1.41.